The summed E-state index contributed by atoms with van der Waals surface area (Å²) in [5, 5.41) is 9.54. The van der Waals surface area contributed by atoms with Crippen LogP contribution >= 0.6 is 0 Å². The molecule has 0 bridgehead atoms. The van der Waals surface area contributed by atoms with Gasteiger partial charge in [-0.2, -0.15) is 0 Å². The highest BCUT2D eigenvalue weighted by atomic mass is 16.5. The topological polar surface area (TPSA) is 59.7 Å². The number of carboxylic acid groups (broad SMARTS) is 1. The van der Waals surface area contributed by atoms with Crippen LogP contribution in [0.1, 0.15) is 12.5 Å². The molecule has 0 spiro atoms. The predicted molar refractivity (Wildman–Crippen MR) is 58.7 cm³/mol. The van der Waals surface area contributed by atoms with Gasteiger partial charge < -0.3 is 14.3 Å². The molecule has 0 fully saturated rings. The van der Waals surface area contributed by atoms with Crippen molar-refractivity contribution in [3.8, 4) is 5.75 Å². The molecule has 0 aliphatic carbocycles. The molecule has 0 radical (unpaired) electrons. The highest BCUT2D eigenvalue weighted by molar-refractivity contribution is 5.86. The lowest BCUT2D eigenvalue weighted by Crippen LogP contribution is -1.99. The second kappa shape index (κ2) is 4.26. The Balaban J connectivity index is 2.42. The number of rotatable bonds is 4. The van der Waals surface area contributed by atoms with Crippen LogP contribution in [-0.2, 0) is 11.2 Å². The smallest absolute Gasteiger partial charge is 0.307 e. The molecule has 0 aliphatic heterocycles. The second-order valence-corrected chi connectivity index (χ2v) is 3.42. The third kappa shape index (κ3) is 2.00. The van der Waals surface area contributed by atoms with Crippen LogP contribution in [0.3, 0.4) is 0 Å². The van der Waals surface area contributed by atoms with E-state index in [9.17, 15) is 4.79 Å². The van der Waals surface area contributed by atoms with Gasteiger partial charge in [-0.15, -0.1) is 0 Å². The van der Waals surface area contributed by atoms with Crippen LogP contribution in [0.15, 0.2) is 28.9 Å². The summed E-state index contributed by atoms with van der Waals surface area (Å²) < 4.78 is 10.6. The summed E-state index contributed by atoms with van der Waals surface area (Å²) in [7, 11) is 0. The molecule has 2 rings (SSSR count). The molecular formula is C12H12O4. The first-order valence-electron chi connectivity index (χ1n) is 5.05. The first-order valence-corrected chi connectivity index (χ1v) is 5.05. The molecule has 1 aromatic carbocycles. The van der Waals surface area contributed by atoms with E-state index in [1.807, 2.05) is 6.92 Å². The van der Waals surface area contributed by atoms with Gasteiger partial charge >= 0.3 is 5.97 Å². The minimum Gasteiger partial charge on any atom is -0.494 e. The summed E-state index contributed by atoms with van der Waals surface area (Å²) in [6, 6.07) is 5.40. The number of carbonyl (C=O) groups is 1. The number of benzene rings is 1. The Bertz CT molecular complexity index is 513. The Hall–Kier alpha value is -1.97. The molecule has 1 heterocycles. The van der Waals surface area contributed by atoms with Crippen molar-refractivity contribution in [3.63, 3.8) is 0 Å². The molecule has 84 valence electrons. The van der Waals surface area contributed by atoms with Gasteiger partial charge in [-0.25, -0.2) is 0 Å². The Morgan fingerprint density at radius 1 is 1.50 bits per heavy atom. The van der Waals surface area contributed by atoms with Gasteiger partial charge in [0.1, 0.15) is 11.3 Å². The summed E-state index contributed by atoms with van der Waals surface area (Å²) in [4.78, 5) is 10.6. The maximum atomic E-state index is 10.6. The van der Waals surface area contributed by atoms with Gasteiger partial charge in [0.05, 0.1) is 19.3 Å². The minimum absolute atomic E-state index is 0.0391. The Labute approximate surface area is 92.4 Å². The molecule has 1 aromatic heterocycles. The largest absolute Gasteiger partial charge is 0.494 e. The van der Waals surface area contributed by atoms with Crippen molar-refractivity contribution in [2.75, 3.05) is 6.61 Å². The maximum Gasteiger partial charge on any atom is 0.307 e. The highest BCUT2D eigenvalue weighted by Crippen LogP contribution is 2.26. The molecule has 4 nitrogen and oxygen atoms in total. The van der Waals surface area contributed by atoms with E-state index in [1.54, 1.807) is 18.2 Å². The standard InChI is InChI=1S/C12H12O4/c1-2-15-9-3-4-11-10(6-9)8(7-16-11)5-12(13)14/h3-4,6-7H,2,5H2,1H3,(H,13,14). The van der Waals surface area contributed by atoms with Crippen molar-refractivity contribution >= 4 is 16.9 Å². The van der Waals surface area contributed by atoms with Crippen molar-refractivity contribution in [3.05, 3.63) is 30.0 Å². The molecule has 0 aliphatic rings. The summed E-state index contributed by atoms with van der Waals surface area (Å²) in [6.07, 6.45) is 1.44. The number of carboxylic acids is 1. The summed E-state index contributed by atoms with van der Waals surface area (Å²) >= 11 is 0. The van der Waals surface area contributed by atoms with Gasteiger partial charge in [0.15, 0.2) is 0 Å². The van der Waals surface area contributed by atoms with Crippen molar-refractivity contribution in [2.24, 2.45) is 0 Å². The first kappa shape index (κ1) is 10.5. The van der Waals surface area contributed by atoms with Crippen LogP contribution in [0.25, 0.3) is 11.0 Å². The fraction of sp³-hybridized carbons (Fsp3) is 0.250. The van der Waals surface area contributed by atoms with E-state index in [2.05, 4.69) is 0 Å². The molecule has 0 atom stereocenters. The average molecular weight is 220 g/mol. The van der Waals surface area contributed by atoms with Crippen LogP contribution in [0, 0.1) is 0 Å². The summed E-state index contributed by atoms with van der Waals surface area (Å²) in [5.74, 6) is -0.146. The van der Waals surface area contributed by atoms with Gasteiger partial charge in [0.25, 0.3) is 0 Å². The molecule has 2 aromatic rings. The van der Waals surface area contributed by atoms with Crippen LogP contribution < -0.4 is 4.74 Å². The van der Waals surface area contributed by atoms with Crippen LogP contribution in [0.4, 0.5) is 0 Å². The molecule has 0 unspecified atom stereocenters. The third-order valence-electron chi connectivity index (χ3n) is 2.28. The zero-order chi connectivity index (χ0) is 11.5. The van der Waals surface area contributed by atoms with Gasteiger partial charge in [0, 0.05) is 10.9 Å². The number of hydrogen-bond donors (Lipinski definition) is 1. The lowest BCUT2D eigenvalue weighted by atomic mass is 10.1. The zero-order valence-electron chi connectivity index (χ0n) is 8.90. The lowest BCUT2D eigenvalue weighted by molar-refractivity contribution is -0.136. The van der Waals surface area contributed by atoms with E-state index in [0.29, 0.717) is 17.8 Å². The monoisotopic (exact) mass is 220 g/mol. The fourth-order valence-electron chi connectivity index (χ4n) is 1.62. The van der Waals surface area contributed by atoms with E-state index >= 15 is 0 Å². The number of hydrogen-bond acceptors (Lipinski definition) is 3. The number of furan rings is 1. The summed E-state index contributed by atoms with van der Waals surface area (Å²) in [5.41, 5.74) is 1.35. The average Bonchev–Trinajstić information content (AvgIpc) is 2.61. The Morgan fingerprint density at radius 3 is 3.00 bits per heavy atom. The van der Waals surface area contributed by atoms with Crippen LogP contribution in [-0.4, -0.2) is 17.7 Å². The van der Waals surface area contributed by atoms with Crippen LogP contribution in [0.2, 0.25) is 0 Å². The number of fused-ring (bicyclic) bond motifs is 1. The van der Waals surface area contributed by atoms with Crippen LogP contribution in [0.5, 0.6) is 5.75 Å². The number of aliphatic carboxylic acids is 1. The van der Waals surface area contributed by atoms with Crippen molar-refractivity contribution in [2.45, 2.75) is 13.3 Å². The van der Waals surface area contributed by atoms with Crippen molar-refractivity contribution in [1.29, 1.82) is 0 Å². The molecule has 0 saturated heterocycles. The van der Waals surface area contributed by atoms with Crippen molar-refractivity contribution in [1.82, 2.24) is 0 Å². The fourth-order valence-corrected chi connectivity index (χ4v) is 1.62. The summed E-state index contributed by atoms with van der Waals surface area (Å²) in [6.45, 7) is 2.48. The van der Waals surface area contributed by atoms with Crippen molar-refractivity contribution < 1.29 is 19.1 Å². The van der Waals surface area contributed by atoms with Gasteiger partial charge in [0.2, 0.25) is 0 Å². The minimum atomic E-state index is -0.871. The lowest BCUT2D eigenvalue weighted by Gasteiger charge is -2.02. The number of ether oxygens (including phenoxy) is 1. The predicted octanol–water partition coefficient (Wildman–Crippen LogP) is 2.46. The molecule has 1 N–H and O–H groups in total. The molecule has 16 heavy (non-hydrogen) atoms. The molecular weight excluding hydrogens is 208 g/mol. The van der Waals surface area contributed by atoms with E-state index in [0.717, 1.165) is 11.1 Å². The Morgan fingerprint density at radius 2 is 2.31 bits per heavy atom. The highest BCUT2D eigenvalue weighted by Gasteiger charge is 2.10. The molecule has 0 saturated carbocycles. The van der Waals surface area contributed by atoms with Gasteiger partial charge in [-0.05, 0) is 25.1 Å². The quantitative estimate of drug-likeness (QED) is 0.859. The van der Waals surface area contributed by atoms with E-state index < -0.39 is 5.97 Å². The molecule has 4 heteroatoms. The first-order chi connectivity index (χ1) is 7.70. The third-order valence-corrected chi connectivity index (χ3v) is 2.28. The van der Waals surface area contributed by atoms with E-state index in [1.165, 1.54) is 6.26 Å². The maximum absolute atomic E-state index is 10.6. The van der Waals surface area contributed by atoms with Gasteiger partial charge in [-0.1, -0.05) is 0 Å². The van der Waals surface area contributed by atoms with E-state index in [-0.39, 0.29) is 6.42 Å². The second-order valence-electron chi connectivity index (χ2n) is 3.42. The van der Waals surface area contributed by atoms with Gasteiger partial charge in [-0.3, -0.25) is 4.79 Å². The normalized spacial score (nSPS) is 10.6. The molecule has 0 amide bonds. The SMILES string of the molecule is CCOc1ccc2occ(CC(=O)O)c2c1. The van der Waals surface area contributed by atoms with E-state index in [4.69, 9.17) is 14.3 Å². The zero-order valence-corrected chi connectivity index (χ0v) is 8.90. The Kier molecular flexibility index (Phi) is 2.81.